The first-order valence-electron chi connectivity index (χ1n) is 13.1. The summed E-state index contributed by atoms with van der Waals surface area (Å²) >= 11 is 0. The number of hydrazine groups is 1. The van der Waals surface area contributed by atoms with E-state index in [4.69, 9.17) is 5.84 Å². The number of aliphatic carboxylic acids is 1. The lowest BCUT2D eigenvalue weighted by Gasteiger charge is -2.15. The number of carbonyl (C=O) groups excluding carboxylic acids is 2. The lowest BCUT2D eigenvalue weighted by Crippen LogP contribution is -2.42. The number of benzene rings is 3. The molecular formula is C33H25N5O5. The number of aromatic hydroxyl groups is 1. The number of rotatable bonds is 7. The molecule has 2 amide bonds. The van der Waals surface area contributed by atoms with Crippen molar-refractivity contribution in [1.29, 1.82) is 0 Å². The van der Waals surface area contributed by atoms with Crippen molar-refractivity contribution in [1.82, 2.24) is 20.7 Å². The van der Waals surface area contributed by atoms with Gasteiger partial charge in [0.2, 0.25) is 0 Å². The van der Waals surface area contributed by atoms with Crippen LogP contribution in [0.1, 0.15) is 37.4 Å². The van der Waals surface area contributed by atoms with Crippen LogP contribution in [-0.2, 0) is 11.2 Å². The molecule has 0 saturated heterocycles. The van der Waals surface area contributed by atoms with E-state index in [-0.39, 0.29) is 12.2 Å². The Balaban J connectivity index is 1.27. The van der Waals surface area contributed by atoms with Gasteiger partial charge in [-0.1, -0.05) is 36.1 Å². The molecule has 10 nitrogen and oxygen atoms in total. The van der Waals surface area contributed by atoms with E-state index < -0.39 is 23.8 Å². The predicted octanol–water partition coefficient (Wildman–Crippen LogP) is 3.43. The maximum Gasteiger partial charge on any atom is 0.326 e. The zero-order valence-corrected chi connectivity index (χ0v) is 22.6. The van der Waals surface area contributed by atoms with Gasteiger partial charge in [-0.15, -0.1) is 0 Å². The fourth-order valence-corrected chi connectivity index (χ4v) is 4.37. The van der Waals surface area contributed by atoms with E-state index in [0.29, 0.717) is 38.9 Å². The zero-order valence-electron chi connectivity index (χ0n) is 22.6. The molecule has 6 N–H and O–H groups in total. The SMILES string of the molecule is NNC(=O)c1cc(-c2ccc(C#Cc3ccc(C(=O)NC(Cc4ccc(O)cc4)C(=O)O)cc3)cc2)nc2ccncc12. The van der Waals surface area contributed by atoms with Gasteiger partial charge in [0.1, 0.15) is 11.8 Å². The summed E-state index contributed by atoms with van der Waals surface area (Å²) in [4.78, 5) is 45.5. The average molecular weight is 572 g/mol. The summed E-state index contributed by atoms with van der Waals surface area (Å²) in [6, 6.07) is 22.3. The Kier molecular flexibility index (Phi) is 8.37. The number of hydrogen-bond donors (Lipinski definition) is 5. The van der Waals surface area contributed by atoms with Crippen molar-refractivity contribution < 1.29 is 24.6 Å². The van der Waals surface area contributed by atoms with Crippen LogP contribution < -0.4 is 16.6 Å². The smallest absolute Gasteiger partial charge is 0.326 e. The third-order valence-corrected chi connectivity index (χ3v) is 6.64. The number of amides is 2. The first-order valence-corrected chi connectivity index (χ1v) is 13.1. The van der Waals surface area contributed by atoms with Crippen LogP contribution in [0.3, 0.4) is 0 Å². The topological polar surface area (TPSA) is 168 Å². The molecule has 5 aromatic rings. The van der Waals surface area contributed by atoms with E-state index in [0.717, 1.165) is 11.1 Å². The number of fused-ring (bicyclic) bond motifs is 1. The molecule has 1 unspecified atom stereocenters. The number of nitrogens with zero attached hydrogens (tertiary/aromatic N) is 2. The van der Waals surface area contributed by atoms with Crippen molar-refractivity contribution in [2.75, 3.05) is 0 Å². The molecule has 10 heteroatoms. The van der Waals surface area contributed by atoms with Crippen LogP contribution in [0.2, 0.25) is 0 Å². The minimum atomic E-state index is -1.16. The minimum absolute atomic E-state index is 0.0717. The molecule has 0 fully saturated rings. The van der Waals surface area contributed by atoms with Gasteiger partial charge in [0.05, 0.1) is 16.8 Å². The second kappa shape index (κ2) is 12.6. The summed E-state index contributed by atoms with van der Waals surface area (Å²) in [5.74, 6) is 9.45. The number of hydrogen-bond acceptors (Lipinski definition) is 7. The Morgan fingerprint density at radius 1 is 0.860 bits per heavy atom. The fourth-order valence-electron chi connectivity index (χ4n) is 4.37. The molecule has 0 aliphatic rings. The number of pyridine rings is 2. The van der Waals surface area contributed by atoms with Gasteiger partial charge in [-0.3, -0.25) is 20.0 Å². The maximum atomic E-state index is 12.7. The zero-order chi connectivity index (χ0) is 30.3. The third kappa shape index (κ3) is 6.82. The van der Waals surface area contributed by atoms with Crippen molar-refractivity contribution in [2.24, 2.45) is 5.84 Å². The van der Waals surface area contributed by atoms with Gasteiger partial charge in [0, 0.05) is 46.5 Å². The molecule has 0 bridgehead atoms. The summed E-state index contributed by atoms with van der Waals surface area (Å²) in [5.41, 5.74) is 6.90. The number of carboxylic acid groups (broad SMARTS) is 1. The highest BCUT2D eigenvalue weighted by Crippen LogP contribution is 2.24. The van der Waals surface area contributed by atoms with Crippen LogP contribution in [0.15, 0.2) is 97.3 Å². The normalized spacial score (nSPS) is 11.2. The Bertz CT molecular complexity index is 1880. The second-order valence-corrected chi connectivity index (χ2v) is 9.56. The fraction of sp³-hybridized carbons (Fsp3) is 0.0606. The molecule has 43 heavy (non-hydrogen) atoms. The van der Waals surface area contributed by atoms with Gasteiger partial charge in [-0.25, -0.2) is 15.6 Å². The van der Waals surface area contributed by atoms with Gasteiger partial charge in [0.15, 0.2) is 0 Å². The second-order valence-electron chi connectivity index (χ2n) is 9.56. The lowest BCUT2D eigenvalue weighted by molar-refractivity contribution is -0.139. The first kappa shape index (κ1) is 28.5. The summed E-state index contributed by atoms with van der Waals surface area (Å²) in [6.07, 6.45) is 3.25. The molecule has 3 aromatic carbocycles. The molecule has 1 atom stereocenters. The van der Waals surface area contributed by atoms with Crippen LogP contribution in [-0.4, -0.2) is 44.0 Å². The molecule has 2 aromatic heterocycles. The number of nitrogens with two attached hydrogens (primary N) is 1. The molecule has 0 radical (unpaired) electrons. The lowest BCUT2D eigenvalue weighted by atomic mass is 10.0. The summed E-state index contributed by atoms with van der Waals surface area (Å²) < 4.78 is 0. The van der Waals surface area contributed by atoms with Gasteiger partial charge in [0.25, 0.3) is 11.8 Å². The van der Waals surface area contributed by atoms with Crippen LogP contribution in [0.5, 0.6) is 5.75 Å². The first-order chi connectivity index (χ1) is 20.8. The van der Waals surface area contributed by atoms with Crippen LogP contribution in [0.4, 0.5) is 0 Å². The maximum absolute atomic E-state index is 12.7. The highest BCUT2D eigenvalue weighted by Gasteiger charge is 2.21. The van der Waals surface area contributed by atoms with E-state index in [9.17, 15) is 24.6 Å². The van der Waals surface area contributed by atoms with Crippen LogP contribution >= 0.6 is 0 Å². The highest BCUT2D eigenvalue weighted by molar-refractivity contribution is 6.06. The molecule has 212 valence electrons. The predicted molar refractivity (Wildman–Crippen MR) is 160 cm³/mol. The monoisotopic (exact) mass is 571 g/mol. The van der Waals surface area contributed by atoms with E-state index in [1.165, 1.54) is 12.1 Å². The van der Waals surface area contributed by atoms with Gasteiger partial charge in [-0.2, -0.15) is 0 Å². The Morgan fingerprint density at radius 2 is 1.51 bits per heavy atom. The Hall–Kier alpha value is -6.05. The standard InChI is InChI=1S/C33H25N5O5/c34-38-32(41)26-18-29(36-28-15-16-35-19-27(26)28)23-9-3-20(4-10-23)1-2-21-5-11-24(12-6-21)31(40)37-30(33(42)43)17-22-7-13-25(39)14-8-22/h3-16,18-19,30,39H,17,34H2,(H,37,40)(H,38,41)(H,42,43). The number of aromatic nitrogens is 2. The number of carbonyl (C=O) groups is 3. The van der Waals surface area contributed by atoms with E-state index >= 15 is 0 Å². The number of phenolic OH excluding ortho intramolecular Hbond substituents is 1. The number of phenols is 1. The number of carboxylic acids is 1. The largest absolute Gasteiger partial charge is 0.508 e. The van der Waals surface area contributed by atoms with E-state index in [2.05, 4.69) is 32.6 Å². The molecular weight excluding hydrogens is 546 g/mol. The molecule has 0 spiro atoms. The Morgan fingerprint density at radius 3 is 2.14 bits per heavy atom. The van der Waals surface area contributed by atoms with Crippen molar-refractivity contribution in [3.8, 4) is 28.8 Å². The number of nitrogen functional groups attached to an aromatic ring is 1. The quantitative estimate of drug-likeness (QED) is 0.0857. The summed E-state index contributed by atoms with van der Waals surface area (Å²) in [6.45, 7) is 0. The van der Waals surface area contributed by atoms with Crippen LogP contribution in [0, 0.1) is 11.8 Å². The van der Waals surface area contributed by atoms with Crippen LogP contribution in [0.25, 0.3) is 22.2 Å². The van der Waals surface area contributed by atoms with Gasteiger partial charge in [-0.05, 0) is 66.2 Å². The molecule has 0 aliphatic carbocycles. The molecule has 5 rings (SSSR count). The summed E-state index contributed by atoms with van der Waals surface area (Å²) in [7, 11) is 0. The van der Waals surface area contributed by atoms with Gasteiger partial charge >= 0.3 is 5.97 Å². The highest BCUT2D eigenvalue weighted by atomic mass is 16.4. The third-order valence-electron chi connectivity index (χ3n) is 6.64. The van der Waals surface area contributed by atoms with Gasteiger partial charge < -0.3 is 15.5 Å². The molecule has 0 saturated carbocycles. The molecule has 2 heterocycles. The van der Waals surface area contributed by atoms with Crippen molar-refractivity contribution in [3.63, 3.8) is 0 Å². The Labute approximate surface area is 246 Å². The summed E-state index contributed by atoms with van der Waals surface area (Å²) in [5, 5.41) is 22.1. The molecule has 0 aliphatic heterocycles. The van der Waals surface area contributed by atoms with Crippen molar-refractivity contribution in [3.05, 3.63) is 125 Å². The van der Waals surface area contributed by atoms with E-state index in [1.807, 2.05) is 24.3 Å². The average Bonchev–Trinajstić information content (AvgIpc) is 3.04. The number of nitrogens with one attached hydrogen (secondary N) is 2. The minimum Gasteiger partial charge on any atom is -0.508 e. The van der Waals surface area contributed by atoms with Crippen molar-refractivity contribution in [2.45, 2.75) is 12.5 Å². The van der Waals surface area contributed by atoms with E-state index in [1.54, 1.807) is 60.9 Å². The van der Waals surface area contributed by atoms with Crippen molar-refractivity contribution >= 4 is 28.7 Å².